The molecule has 2 aromatic heterocycles. The predicted molar refractivity (Wildman–Crippen MR) is 114 cm³/mol. The van der Waals surface area contributed by atoms with Crippen molar-refractivity contribution in [2.24, 2.45) is 4.99 Å². The van der Waals surface area contributed by atoms with Crippen LogP contribution in [0.4, 0.5) is 11.5 Å². The molecule has 2 heterocycles. The van der Waals surface area contributed by atoms with E-state index in [-0.39, 0.29) is 11.5 Å². The Balaban J connectivity index is 1.84. The lowest BCUT2D eigenvalue weighted by molar-refractivity contribution is 0.102. The van der Waals surface area contributed by atoms with Crippen LogP contribution in [0.2, 0.25) is 0 Å². The van der Waals surface area contributed by atoms with E-state index in [1.54, 1.807) is 18.3 Å². The standard InChI is InChI=1S/C24H21N3O2/c1-15-8-9-22(25-14-15)27-23(28)20-13-18-6-4-5-7-21(18)29-24(20)26-19-11-16(2)10-17(3)12-19/h4-14H,1-3H3,(H,25,27,28). The Morgan fingerprint density at radius 2 is 1.69 bits per heavy atom. The molecule has 0 aliphatic carbocycles. The molecule has 0 saturated heterocycles. The Labute approximate surface area is 168 Å². The van der Waals surface area contributed by atoms with Gasteiger partial charge in [-0.3, -0.25) is 4.79 Å². The molecule has 4 aromatic rings. The summed E-state index contributed by atoms with van der Waals surface area (Å²) in [7, 11) is 0. The molecule has 0 aliphatic rings. The number of nitrogens with one attached hydrogen (secondary N) is 1. The Morgan fingerprint density at radius 1 is 0.931 bits per heavy atom. The second-order valence-corrected chi connectivity index (χ2v) is 7.14. The number of carbonyl (C=O) groups is 1. The molecule has 2 aromatic carbocycles. The Bertz CT molecular complexity index is 1250. The van der Waals surface area contributed by atoms with E-state index in [0.717, 1.165) is 27.8 Å². The molecule has 4 rings (SSSR count). The van der Waals surface area contributed by atoms with E-state index < -0.39 is 0 Å². The molecule has 1 amide bonds. The monoisotopic (exact) mass is 383 g/mol. The number of nitrogens with zero attached hydrogens (tertiary/aromatic N) is 2. The van der Waals surface area contributed by atoms with Gasteiger partial charge >= 0.3 is 0 Å². The molecule has 5 nitrogen and oxygen atoms in total. The van der Waals surface area contributed by atoms with E-state index in [9.17, 15) is 4.79 Å². The number of rotatable bonds is 3. The fraction of sp³-hybridized carbons (Fsp3) is 0.125. The van der Waals surface area contributed by atoms with Crippen molar-refractivity contribution in [1.82, 2.24) is 4.98 Å². The summed E-state index contributed by atoms with van der Waals surface area (Å²) in [5.41, 5.74) is 5.24. The van der Waals surface area contributed by atoms with Crippen molar-refractivity contribution in [2.75, 3.05) is 5.32 Å². The Kier molecular flexibility index (Phi) is 4.96. The maximum atomic E-state index is 13.0. The minimum Gasteiger partial charge on any atom is -0.438 e. The van der Waals surface area contributed by atoms with Crippen molar-refractivity contribution < 1.29 is 9.21 Å². The van der Waals surface area contributed by atoms with Crippen molar-refractivity contribution in [1.29, 1.82) is 0 Å². The lowest BCUT2D eigenvalue weighted by Gasteiger charge is -2.07. The van der Waals surface area contributed by atoms with Gasteiger partial charge in [-0.1, -0.05) is 30.3 Å². The van der Waals surface area contributed by atoms with E-state index >= 15 is 0 Å². The molecule has 0 spiro atoms. The van der Waals surface area contributed by atoms with E-state index in [2.05, 4.69) is 21.4 Å². The van der Waals surface area contributed by atoms with Gasteiger partial charge in [0, 0.05) is 11.6 Å². The minimum atomic E-state index is -0.320. The molecule has 0 fully saturated rings. The average molecular weight is 383 g/mol. The molecular formula is C24H21N3O2. The second-order valence-electron chi connectivity index (χ2n) is 7.14. The van der Waals surface area contributed by atoms with Crippen molar-refractivity contribution in [2.45, 2.75) is 20.8 Å². The summed E-state index contributed by atoms with van der Waals surface area (Å²) < 4.78 is 6.01. The highest BCUT2D eigenvalue weighted by Gasteiger charge is 2.13. The van der Waals surface area contributed by atoms with Gasteiger partial charge in [0.25, 0.3) is 5.91 Å². The SMILES string of the molecule is Cc1ccc(NC(=O)c2cc3ccccc3oc2=Nc2cc(C)cc(C)c2)nc1. The van der Waals surface area contributed by atoms with Crippen LogP contribution in [0.5, 0.6) is 0 Å². The third-order valence-electron chi connectivity index (χ3n) is 4.49. The van der Waals surface area contributed by atoms with Gasteiger partial charge in [0.15, 0.2) is 0 Å². The van der Waals surface area contributed by atoms with Gasteiger partial charge in [0.05, 0.1) is 5.69 Å². The van der Waals surface area contributed by atoms with Crippen molar-refractivity contribution in [3.8, 4) is 0 Å². The van der Waals surface area contributed by atoms with Gasteiger partial charge in [0.2, 0.25) is 5.55 Å². The predicted octanol–water partition coefficient (Wildman–Crippen LogP) is 5.24. The second kappa shape index (κ2) is 7.72. The third-order valence-corrected chi connectivity index (χ3v) is 4.49. The quantitative estimate of drug-likeness (QED) is 0.526. The number of anilines is 1. The highest BCUT2D eigenvalue weighted by atomic mass is 16.3. The number of benzene rings is 2. The molecule has 0 saturated carbocycles. The van der Waals surface area contributed by atoms with Gasteiger partial charge in [0.1, 0.15) is 17.0 Å². The van der Waals surface area contributed by atoms with E-state index in [1.807, 2.05) is 63.2 Å². The van der Waals surface area contributed by atoms with Crippen LogP contribution in [0.1, 0.15) is 27.0 Å². The first-order valence-corrected chi connectivity index (χ1v) is 9.38. The van der Waals surface area contributed by atoms with Gasteiger partial charge in [-0.15, -0.1) is 0 Å². The summed E-state index contributed by atoms with van der Waals surface area (Å²) in [5.74, 6) is 0.157. The molecule has 29 heavy (non-hydrogen) atoms. The lowest BCUT2D eigenvalue weighted by atomic mass is 10.1. The maximum absolute atomic E-state index is 13.0. The number of fused-ring (bicyclic) bond motifs is 1. The number of pyridine rings is 1. The fourth-order valence-electron chi connectivity index (χ4n) is 3.17. The molecule has 144 valence electrons. The summed E-state index contributed by atoms with van der Waals surface area (Å²) >= 11 is 0. The van der Waals surface area contributed by atoms with Crippen molar-refractivity contribution >= 4 is 28.4 Å². The van der Waals surface area contributed by atoms with Gasteiger partial charge < -0.3 is 9.73 Å². The number of carbonyl (C=O) groups excluding carboxylic acids is 1. The highest BCUT2D eigenvalue weighted by Crippen LogP contribution is 2.18. The topological polar surface area (TPSA) is 67.5 Å². The zero-order valence-corrected chi connectivity index (χ0v) is 16.6. The van der Waals surface area contributed by atoms with Gasteiger partial charge in [-0.25, -0.2) is 9.98 Å². The van der Waals surface area contributed by atoms with Gasteiger partial charge in [-0.05, 0) is 67.8 Å². The molecule has 0 bridgehead atoms. The molecule has 0 atom stereocenters. The molecule has 5 heteroatoms. The van der Waals surface area contributed by atoms with Crippen molar-refractivity contribution in [3.05, 3.63) is 94.7 Å². The van der Waals surface area contributed by atoms with Crippen LogP contribution < -0.4 is 10.9 Å². The first-order valence-electron chi connectivity index (χ1n) is 9.38. The zero-order valence-electron chi connectivity index (χ0n) is 16.6. The van der Waals surface area contributed by atoms with Crippen molar-refractivity contribution in [3.63, 3.8) is 0 Å². The molecular weight excluding hydrogens is 362 g/mol. The van der Waals surface area contributed by atoms with Crippen LogP contribution in [-0.4, -0.2) is 10.9 Å². The number of para-hydroxylation sites is 1. The van der Waals surface area contributed by atoms with Crippen LogP contribution in [0.25, 0.3) is 11.0 Å². The summed E-state index contributed by atoms with van der Waals surface area (Å²) in [6.45, 7) is 5.97. The summed E-state index contributed by atoms with van der Waals surface area (Å²) in [6.07, 6.45) is 1.71. The van der Waals surface area contributed by atoms with Crippen LogP contribution in [0.15, 0.2) is 76.3 Å². The number of hydrogen-bond donors (Lipinski definition) is 1. The number of aryl methyl sites for hydroxylation is 3. The first kappa shape index (κ1) is 18.6. The smallest absolute Gasteiger partial charge is 0.262 e. The lowest BCUT2D eigenvalue weighted by Crippen LogP contribution is -2.22. The maximum Gasteiger partial charge on any atom is 0.262 e. The summed E-state index contributed by atoms with van der Waals surface area (Å²) in [5, 5.41) is 3.66. The Hall–Kier alpha value is -3.73. The van der Waals surface area contributed by atoms with E-state index in [0.29, 0.717) is 17.0 Å². The van der Waals surface area contributed by atoms with Crippen LogP contribution in [-0.2, 0) is 0 Å². The summed E-state index contributed by atoms with van der Waals surface area (Å²) in [6, 6.07) is 19.0. The largest absolute Gasteiger partial charge is 0.438 e. The molecule has 0 unspecified atom stereocenters. The van der Waals surface area contributed by atoms with E-state index in [1.165, 1.54) is 0 Å². The minimum absolute atomic E-state index is 0.262. The third kappa shape index (κ3) is 4.24. The number of aromatic nitrogens is 1. The van der Waals surface area contributed by atoms with Crippen LogP contribution >= 0.6 is 0 Å². The van der Waals surface area contributed by atoms with Crippen LogP contribution in [0, 0.1) is 20.8 Å². The molecule has 0 radical (unpaired) electrons. The Morgan fingerprint density at radius 3 is 2.41 bits per heavy atom. The zero-order chi connectivity index (χ0) is 20.4. The van der Waals surface area contributed by atoms with Gasteiger partial charge in [-0.2, -0.15) is 0 Å². The first-order chi connectivity index (χ1) is 14.0. The fourth-order valence-corrected chi connectivity index (χ4v) is 3.17. The number of hydrogen-bond acceptors (Lipinski definition) is 4. The normalized spacial score (nSPS) is 11.6. The van der Waals surface area contributed by atoms with E-state index in [4.69, 9.17) is 4.42 Å². The average Bonchev–Trinajstić information content (AvgIpc) is 2.68. The molecule has 1 N–H and O–H groups in total. The van der Waals surface area contributed by atoms with Crippen LogP contribution in [0.3, 0.4) is 0 Å². The summed E-state index contributed by atoms with van der Waals surface area (Å²) in [4.78, 5) is 21.9. The highest BCUT2D eigenvalue weighted by molar-refractivity contribution is 6.04. The number of amides is 1. The molecule has 0 aliphatic heterocycles.